The van der Waals surface area contributed by atoms with Gasteiger partial charge in [-0.2, -0.15) is 13.2 Å². The number of methoxy groups -OCH3 is 1. The van der Waals surface area contributed by atoms with Crippen LogP contribution in [0.4, 0.5) is 13.2 Å². The fraction of sp³-hybridized carbons (Fsp3) is 0.818. The Morgan fingerprint density at radius 2 is 1.84 bits per heavy atom. The molecule has 0 saturated carbocycles. The van der Waals surface area contributed by atoms with Crippen LogP contribution in [0.2, 0.25) is 0 Å². The molecule has 0 aliphatic rings. The van der Waals surface area contributed by atoms with Gasteiger partial charge in [-0.3, -0.25) is 9.59 Å². The zero-order valence-corrected chi connectivity index (χ0v) is 11.1. The van der Waals surface area contributed by atoms with E-state index >= 15 is 0 Å². The minimum absolute atomic E-state index is 0.266. The minimum Gasteiger partial charge on any atom is -0.469 e. The summed E-state index contributed by atoms with van der Waals surface area (Å²) in [5.74, 6) is -1.49. The highest BCUT2D eigenvalue weighted by atomic mass is 19.4. The number of esters is 1. The predicted molar refractivity (Wildman–Crippen MR) is 60.4 cm³/mol. The molecule has 0 N–H and O–H groups in total. The van der Waals surface area contributed by atoms with Gasteiger partial charge in [-0.15, -0.1) is 0 Å². The lowest BCUT2D eigenvalue weighted by atomic mass is 10.3. The molecule has 0 bridgehead atoms. The molecule has 8 heteroatoms. The van der Waals surface area contributed by atoms with Gasteiger partial charge in [0.1, 0.15) is 13.2 Å². The highest BCUT2D eigenvalue weighted by molar-refractivity contribution is 5.78. The Kier molecular flexibility index (Phi) is 7.43. The number of amides is 1. The quantitative estimate of drug-likeness (QED) is 0.663. The number of nitrogens with zero attached hydrogens (tertiary/aromatic N) is 1. The van der Waals surface area contributed by atoms with Gasteiger partial charge in [0.25, 0.3) is 0 Å². The van der Waals surface area contributed by atoms with E-state index in [9.17, 15) is 22.8 Å². The first-order valence-corrected chi connectivity index (χ1v) is 5.68. The Morgan fingerprint density at radius 1 is 1.26 bits per heavy atom. The summed E-state index contributed by atoms with van der Waals surface area (Å²) in [7, 11) is 1.13. The minimum atomic E-state index is -4.52. The first-order valence-electron chi connectivity index (χ1n) is 5.68. The van der Waals surface area contributed by atoms with Crippen LogP contribution in [0.1, 0.15) is 20.3 Å². The zero-order valence-electron chi connectivity index (χ0n) is 11.1. The van der Waals surface area contributed by atoms with Gasteiger partial charge in [0.15, 0.2) is 0 Å². The first kappa shape index (κ1) is 17.7. The van der Waals surface area contributed by atoms with Crippen LogP contribution in [-0.4, -0.2) is 55.9 Å². The van der Waals surface area contributed by atoms with E-state index in [0.717, 1.165) is 7.11 Å². The predicted octanol–water partition coefficient (Wildman–Crippen LogP) is 1.37. The van der Waals surface area contributed by atoms with Crippen molar-refractivity contribution >= 4 is 11.9 Å². The second-order valence-electron chi connectivity index (χ2n) is 4.12. The molecule has 0 fully saturated rings. The molecule has 5 nitrogen and oxygen atoms in total. The second-order valence-corrected chi connectivity index (χ2v) is 4.12. The molecular weight excluding hydrogens is 267 g/mol. The van der Waals surface area contributed by atoms with Crippen LogP contribution in [0.5, 0.6) is 0 Å². The van der Waals surface area contributed by atoms with E-state index < -0.39 is 31.2 Å². The number of carbonyl (C=O) groups is 2. The molecular formula is C11H18F3NO4. The van der Waals surface area contributed by atoms with Crippen LogP contribution < -0.4 is 0 Å². The fourth-order valence-electron chi connectivity index (χ4n) is 1.17. The Hall–Kier alpha value is -1.31. The van der Waals surface area contributed by atoms with E-state index in [1.807, 2.05) is 0 Å². The summed E-state index contributed by atoms with van der Waals surface area (Å²) in [4.78, 5) is 23.0. The summed E-state index contributed by atoms with van der Waals surface area (Å²) in [6.45, 7) is 1.11. The van der Waals surface area contributed by atoms with Crippen molar-refractivity contribution in [2.45, 2.75) is 32.5 Å². The Morgan fingerprint density at radius 3 is 2.26 bits per heavy atom. The molecule has 0 aliphatic heterocycles. The molecule has 0 aliphatic carbocycles. The smallest absolute Gasteiger partial charge is 0.406 e. The Labute approximate surface area is 109 Å². The highest BCUT2D eigenvalue weighted by Crippen LogP contribution is 2.17. The largest absolute Gasteiger partial charge is 0.469 e. The summed E-state index contributed by atoms with van der Waals surface area (Å²) in [6.07, 6.45) is -5.08. The van der Waals surface area contributed by atoms with Crippen LogP contribution in [-0.2, 0) is 19.1 Å². The van der Waals surface area contributed by atoms with Crippen LogP contribution in [0.15, 0.2) is 0 Å². The summed E-state index contributed by atoms with van der Waals surface area (Å²) in [6, 6.07) is 0. The third-order valence-electron chi connectivity index (χ3n) is 2.08. The summed E-state index contributed by atoms with van der Waals surface area (Å²) < 4.78 is 46.2. The number of hydrogen-bond acceptors (Lipinski definition) is 4. The van der Waals surface area contributed by atoms with Crippen molar-refractivity contribution in [2.75, 3.05) is 26.8 Å². The lowest BCUT2D eigenvalue weighted by Gasteiger charge is -2.23. The molecule has 0 radical (unpaired) electrons. The number of alkyl halides is 3. The van der Waals surface area contributed by atoms with Gasteiger partial charge in [0.05, 0.1) is 19.6 Å². The maximum Gasteiger partial charge on any atom is 0.406 e. The molecule has 0 unspecified atom stereocenters. The Bertz CT molecular complexity index is 305. The van der Waals surface area contributed by atoms with Crippen molar-refractivity contribution in [1.29, 1.82) is 0 Å². The van der Waals surface area contributed by atoms with E-state index in [-0.39, 0.29) is 19.1 Å². The molecule has 0 heterocycles. The number of ether oxygens (including phenoxy) is 2. The molecule has 0 aromatic heterocycles. The van der Waals surface area contributed by atoms with Gasteiger partial charge >= 0.3 is 12.1 Å². The normalized spacial score (nSPS) is 11.5. The van der Waals surface area contributed by atoms with Crippen molar-refractivity contribution < 1.29 is 32.2 Å². The van der Waals surface area contributed by atoms with Gasteiger partial charge in [-0.1, -0.05) is 0 Å². The van der Waals surface area contributed by atoms with Crippen LogP contribution in [0.25, 0.3) is 0 Å². The third-order valence-corrected chi connectivity index (χ3v) is 2.08. The lowest BCUT2D eigenvalue weighted by Crippen LogP contribution is -2.42. The van der Waals surface area contributed by atoms with Gasteiger partial charge < -0.3 is 14.4 Å². The Balaban J connectivity index is 4.48. The maximum absolute atomic E-state index is 12.3. The SMILES string of the molecule is COC(=O)CCN(CC(F)(F)F)C(=O)COC(C)C. The van der Waals surface area contributed by atoms with Crippen molar-refractivity contribution in [3.05, 3.63) is 0 Å². The fourth-order valence-corrected chi connectivity index (χ4v) is 1.17. The molecule has 0 aromatic rings. The molecule has 0 rings (SSSR count). The molecule has 19 heavy (non-hydrogen) atoms. The first-order chi connectivity index (χ1) is 8.65. The molecule has 0 spiro atoms. The summed E-state index contributed by atoms with van der Waals surface area (Å²) in [5.41, 5.74) is 0. The number of carbonyl (C=O) groups excluding carboxylic acids is 2. The van der Waals surface area contributed by atoms with Crippen LogP contribution >= 0.6 is 0 Å². The van der Waals surface area contributed by atoms with Crippen molar-refractivity contribution in [3.63, 3.8) is 0 Å². The third kappa shape index (κ3) is 9.29. The molecule has 112 valence electrons. The number of rotatable bonds is 7. The van der Waals surface area contributed by atoms with Gasteiger partial charge in [0.2, 0.25) is 5.91 Å². The molecule has 0 aromatic carbocycles. The standard InChI is InChI=1S/C11H18F3NO4/c1-8(2)19-6-9(16)15(7-11(12,13)14)5-4-10(17)18-3/h8H,4-7H2,1-3H3. The summed E-state index contributed by atoms with van der Waals surface area (Å²) >= 11 is 0. The van der Waals surface area contributed by atoms with Gasteiger partial charge in [0, 0.05) is 6.54 Å². The molecule has 1 amide bonds. The summed E-state index contributed by atoms with van der Waals surface area (Å²) in [5, 5.41) is 0. The lowest BCUT2D eigenvalue weighted by molar-refractivity contribution is -0.165. The molecule has 0 atom stereocenters. The van der Waals surface area contributed by atoms with Crippen LogP contribution in [0.3, 0.4) is 0 Å². The van der Waals surface area contributed by atoms with E-state index in [1.165, 1.54) is 0 Å². The van der Waals surface area contributed by atoms with E-state index in [2.05, 4.69) is 4.74 Å². The highest BCUT2D eigenvalue weighted by Gasteiger charge is 2.33. The average Bonchev–Trinajstić information content (AvgIpc) is 2.29. The second kappa shape index (κ2) is 7.98. The van der Waals surface area contributed by atoms with Crippen LogP contribution in [0, 0.1) is 0 Å². The zero-order chi connectivity index (χ0) is 15.1. The number of hydrogen-bond donors (Lipinski definition) is 0. The van der Waals surface area contributed by atoms with E-state index in [0.29, 0.717) is 4.90 Å². The average molecular weight is 285 g/mol. The van der Waals surface area contributed by atoms with E-state index in [1.54, 1.807) is 13.8 Å². The van der Waals surface area contributed by atoms with Crippen molar-refractivity contribution in [3.8, 4) is 0 Å². The van der Waals surface area contributed by atoms with Crippen molar-refractivity contribution in [2.24, 2.45) is 0 Å². The molecule has 0 saturated heterocycles. The maximum atomic E-state index is 12.3. The monoisotopic (exact) mass is 285 g/mol. The van der Waals surface area contributed by atoms with Crippen molar-refractivity contribution in [1.82, 2.24) is 4.90 Å². The van der Waals surface area contributed by atoms with Gasteiger partial charge in [-0.25, -0.2) is 0 Å². The number of halogens is 3. The van der Waals surface area contributed by atoms with E-state index in [4.69, 9.17) is 4.74 Å². The van der Waals surface area contributed by atoms with Gasteiger partial charge in [-0.05, 0) is 13.8 Å². The topological polar surface area (TPSA) is 55.8 Å².